The lowest BCUT2D eigenvalue weighted by atomic mass is 9.88. The maximum absolute atomic E-state index is 12.6. The molecule has 0 aliphatic carbocycles. The Morgan fingerprint density at radius 2 is 1.50 bits per heavy atom. The third kappa shape index (κ3) is 3.77. The number of nitrogens with zero attached hydrogens (tertiary/aromatic N) is 1. The van der Waals surface area contributed by atoms with Crippen LogP contribution in [-0.2, 0) is 0 Å². The van der Waals surface area contributed by atoms with Gasteiger partial charge in [-0.05, 0) is 37.1 Å². The van der Waals surface area contributed by atoms with Crippen molar-refractivity contribution >= 4 is 29.8 Å². The Morgan fingerprint density at radius 1 is 0.917 bits per heavy atom. The summed E-state index contributed by atoms with van der Waals surface area (Å²) in [5.41, 5.74) is 7.72. The van der Waals surface area contributed by atoms with Crippen LogP contribution in [-0.4, -0.2) is 29.7 Å². The summed E-state index contributed by atoms with van der Waals surface area (Å²) in [6.07, 6.45) is 1.37. The van der Waals surface area contributed by atoms with E-state index in [0.717, 1.165) is 0 Å². The summed E-state index contributed by atoms with van der Waals surface area (Å²) in [5.74, 6) is 0.0742. The Labute approximate surface area is 148 Å². The average molecular weight is 345 g/mol. The maximum atomic E-state index is 12.6. The summed E-state index contributed by atoms with van der Waals surface area (Å²) in [4.78, 5) is 26.8. The van der Waals surface area contributed by atoms with Crippen LogP contribution in [0.15, 0.2) is 54.6 Å². The van der Waals surface area contributed by atoms with Crippen LogP contribution in [0.5, 0.6) is 0 Å². The summed E-state index contributed by atoms with van der Waals surface area (Å²) in [6, 6.07) is 16.5. The van der Waals surface area contributed by atoms with E-state index < -0.39 is 0 Å². The predicted molar refractivity (Wildman–Crippen MR) is 97.5 cm³/mol. The Kier molecular flexibility index (Phi) is 5.99. The lowest BCUT2D eigenvalue weighted by Crippen LogP contribution is -2.40. The first-order chi connectivity index (χ1) is 11.2. The number of rotatable bonds is 3. The molecular formula is C19H21ClN2O2. The molecule has 0 saturated carbocycles. The molecule has 2 aromatic rings. The highest BCUT2D eigenvalue weighted by molar-refractivity contribution is 6.02. The van der Waals surface area contributed by atoms with E-state index in [2.05, 4.69) is 0 Å². The third-order valence-corrected chi connectivity index (χ3v) is 4.40. The van der Waals surface area contributed by atoms with Crippen molar-refractivity contribution in [1.29, 1.82) is 0 Å². The lowest BCUT2D eigenvalue weighted by molar-refractivity contribution is 0.0650. The zero-order valence-corrected chi connectivity index (χ0v) is 14.2. The van der Waals surface area contributed by atoms with E-state index in [1.165, 1.54) is 0 Å². The van der Waals surface area contributed by atoms with Crippen LogP contribution in [0.3, 0.4) is 0 Å². The minimum absolute atomic E-state index is 0. The van der Waals surface area contributed by atoms with E-state index in [1.807, 2.05) is 47.4 Å². The van der Waals surface area contributed by atoms with Gasteiger partial charge in [0.25, 0.3) is 5.91 Å². The summed E-state index contributed by atoms with van der Waals surface area (Å²) in [7, 11) is 0. The number of amides is 1. The van der Waals surface area contributed by atoms with Gasteiger partial charge < -0.3 is 10.6 Å². The Hall–Kier alpha value is -2.33. The molecule has 1 aliphatic rings. The molecule has 2 aromatic carbocycles. The standard InChI is InChI=1S/C19H20N2O2.ClH/c20-17-9-5-4-8-16(17)18(22)14-10-12-21(13-11-14)19(23)15-6-2-1-3-7-15;/h1-9,14H,10-13,20H2;1H. The van der Waals surface area contributed by atoms with Gasteiger partial charge >= 0.3 is 0 Å². The number of para-hydroxylation sites is 1. The predicted octanol–water partition coefficient (Wildman–Crippen LogP) is 3.43. The van der Waals surface area contributed by atoms with Crippen molar-refractivity contribution in [2.75, 3.05) is 18.8 Å². The number of hydrogen-bond acceptors (Lipinski definition) is 3. The van der Waals surface area contributed by atoms with E-state index in [9.17, 15) is 9.59 Å². The Bertz CT molecular complexity index is 710. The van der Waals surface area contributed by atoms with Crippen LogP contribution in [0.25, 0.3) is 0 Å². The van der Waals surface area contributed by atoms with E-state index in [4.69, 9.17) is 5.73 Å². The number of piperidine rings is 1. The minimum Gasteiger partial charge on any atom is -0.398 e. The van der Waals surface area contributed by atoms with Gasteiger partial charge in [-0.15, -0.1) is 12.4 Å². The van der Waals surface area contributed by atoms with Crippen molar-refractivity contribution in [2.45, 2.75) is 12.8 Å². The molecule has 1 amide bonds. The molecule has 0 radical (unpaired) electrons. The molecule has 3 rings (SSSR count). The Morgan fingerprint density at radius 3 is 2.12 bits per heavy atom. The van der Waals surface area contributed by atoms with Gasteiger partial charge in [0, 0.05) is 35.8 Å². The zero-order valence-electron chi connectivity index (χ0n) is 13.4. The Balaban J connectivity index is 0.00000208. The van der Waals surface area contributed by atoms with E-state index in [-0.39, 0.29) is 30.0 Å². The van der Waals surface area contributed by atoms with Crippen molar-refractivity contribution in [3.8, 4) is 0 Å². The molecule has 0 bridgehead atoms. The van der Waals surface area contributed by atoms with Crippen LogP contribution in [0.2, 0.25) is 0 Å². The van der Waals surface area contributed by atoms with Gasteiger partial charge in [0.05, 0.1) is 0 Å². The van der Waals surface area contributed by atoms with Crippen molar-refractivity contribution in [3.63, 3.8) is 0 Å². The van der Waals surface area contributed by atoms with Crippen LogP contribution >= 0.6 is 12.4 Å². The molecule has 5 heteroatoms. The van der Waals surface area contributed by atoms with E-state index in [0.29, 0.717) is 42.7 Å². The summed E-state index contributed by atoms with van der Waals surface area (Å²) in [5, 5.41) is 0. The van der Waals surface area contributed by atoms with Crippen molar-refractivity contribution in [3.05, 3.63) is 65.7 Å². The number of anilines is 1. The molecule has 126 valence electrons. The number of Topliss-reactive ketones (excluding diaryl/α,β-unsaturated/α-hetero) is 1. The first kappa shape index (κ1) is 18.0. The number of carbonyl (C=O) groups excluding carboxylic acids is 2. The molecule has 0 atom stereocenters. The zero-order chi connectivity index (χ0) is 16.2. The molecule has 1 fully saturated rings. The fraction of sp³-hybridized carbons (Fsp3) is 0.263. The minimum atomic E-state index is -0.0560. The number of nitrogen functional groups attached to an aromatic ring is 1. The molecule has 1 heterocycles. The normalized spacial score (nSPS) is 14.8. The average Bonchev–Trinajstić information content (AvgIpc) is 2.62. The van der Waals surface area contributed by atoms with Crippen LogP contribution in [0.1, 0.15) is 33.6 Å². The quantitative estimate of drug-likeness (QED) is 0.685. The van der Waals surface area contributed by atoms with Gasteiger partial charge in [0.1, 0.15) is 0 Å². The van der Waals surface area contributed by atoms with Gasteiger partial charge in [-0.3, -0.25) is 9.59 Å². The second-order valence-corrected chi connectivity index (χ2v) is 5.88. The number of hydrogen-bond donors (Lipinski definition) is 1. The van der Waals surface area contributed by atoms with Crippen molar-refractivity contribution < 1.29 is 9.59 Å². The highest BCUT2D eigenvalue weighted by Gasteiger charge is 2.28. The van der Waals surface area contributed by atoms with Gasteiger partial charge in [-0.25, -0.2) is 0 Å². The third-order valence-electron chi connectivity index (χ3n) is 4.40. The van der Waals surface area contributed by atoms with E-state index in [1.54, 1.807) is 12.1 Å². The number of nitrogens with two attached hydrogens (primary N) is 1. The number of likely N-dealkylation sites (tertiary alicyclic amines) is 1. The van der Waals surface area contributed by atoms with E-state index >= 15 is 0 Å². The lowest BCUT2D eigenvalue weighted by Gasteiger charge is -2.31. The molecular weight excluding hydrogens is 324 g/mol. The summed E-state index contributed by atoms with van der Waals surface area (Å²) in [6.45, 7) is 1.22. The molecule has 0 unspecified atom stereocenters. The molecule has 2 N–H and O–H groups in total. The first-order valence-corrected chi connectivity index (χ1v) is 7.90. The van der Waals surface area contributed by atoms with Crippen LogP contribution in [0.4, 0.5) is 5.69 Å². The van der Waals surface area contributed by atoms with Crippen LogP contribution < -0.4 is 5.73 Å². The van der Waals surface area contributed by atoms with Crippen LogP contribution in [0, 0.1) is 5.92 Å². The van der Waals surface area contributed by atoms with Gasteiger partial charge in [0.2, 0.25) is 0 Å². The van der Waals surface area contributed by atoms with Crippen molar-refractivity contribution in [1.82, 2.24) is 4.90 Å². The fourth-order valence-electron chi connectivity index (χ4n) is 3.05. The maximum Gasteiger partial charge on any atom is 0.253 e. The molecule has 0 spiro atoms. The molecule has 1 saturated heterocycles. The smallest absolute Gasteiger partial charge is 0.253 e. The SMILES string of the molecule is Cl.Nc1ccccc1C(=O)C1CCN(C(=O)c2ccccc2)CC1. The molecule has 0 aromatic heterocycles. The fourth-order valence-corrected chi connectivity index (χ4v) is 3.05. The molecule has 1 aliphatic heterocycles. The second-order valence-electron chi connectivity index (χ2n) is 5.88. The summed E-state index contributed by atoms with van der Waals surface area (Å²) >= 11 is 0. The highest BCUT2D eigenvalue weighted by Crippen LogP contribution is 2.25. The van der Waals surface area contributed by atoms with Gasteiger partial charge in [-0.2, -0.15) is 0 Å². The highest BCUT2D eigenvalue weighted by atomic mass is 35.5. The monoisotopic (exact) mass is 344 g/mol. The van der Waals surface area contributed by atoms with Gasteiger partial charge in [-0.1, -0.05) is 30.3 Å². The number of ketones is 1. The topological polar surface area (TPSA) is 63.4 Å². The molecule has 4 nitrogen and oxygen atoms in total. The second kappa shape index (κ2) is 7.97. The number of carbonyl (C=O) groups is 2. The van der Waals surface area contributed by atoms with Gasteiger partial charge in [0.15, 0.2) is 5.78 Å². The van der Waals surface area contributed by atoms with Crippen molar-refractivity contribution in [2.24, 2.45) is 5.92 Å². The summed E-state index contributed by atoms with van der Waals surface area (Å²) < 4.78 is 0. The number of benzene rings is 2. The first-order valence-electron chi connectivity index (χ1n) is 7.90. The molecule has 24 heavy (non-hydrogen) atoms. The largest absolute Gasteiger partial charge is 0.398 e. The number of halogens is 1.